The second-order valence-electron chi connectivity index (χ2n) is 10.8. The molecule has 5 aliphatic rings. The highest BCUT2D eigenvalue weighted by Crippen LogP contribution is 2.76. The second-order valence-corrected chi connectivity index (χ2v) is 12.4. The predicted octanol–water partition coefficient (Wildman–Crippen LogP) is 1.90. The average Bonchev–Trinajstić information content (AvgIpc) is 3.38. The average molecular weight is 469 g/mol. The van der Waals surface area contributed by atoms with Crippen LogP contribution in [0, 0.1) is 28.6 Å². The molecule has 4 fully saturated rings. The molecule has 1 saturated heterocycles. The summed E-state index contributed by atoms with van der Waals surface area (Å²) in [5, 5.41) is 11.8. The Kier molecular flexibility index (Phi) is 4.46. The topological polar surface area (TPSA) is 110 Å². The number of carbonyl (C=O) groups excluding carboxylic acids is 2. The maximum atomic E-state index is 15.5. The molecule has 1 spiro atoms. The van der Waals surface area contributed by atoms with Gasteiger partial charge in [0.2, 0.25) is 0 Å². The molecule has 1 N–H and O–H groups in total. The van der Waals surface area contributed by atoms with E-state index in [1.165, 1.54) is 12.2 Å². The number of alkyl halides is 1. The van der Waals surface area contributed by atoms with Crippen LogP contribution >= 0.6 is 0 Å². The lowest BCUT2D eigenvalue weighted by Crippen LogP contribution is -2.63. The molecule has 0 aromatic carbocycles. The summed E-state index contributed by atoms with van der Waals surface area (Å²) >= 11 is 0. The van der Waals surface area contributed by atoms with Gasteiger partial charge >= 0.3 is 0 Å². The number of hydrogen-bond acceptors (Lipinski definition) is 7. The Morgan fingerprint density at radius 3 is 2.66 bits per heavy atom. The molecule has 1 unspecified atom stereocenters. The van der Waals surface area contributed by atoms with Crippen molar-refractivity contribution >= 4 is 21.7 Å². The minimum absolute atomic E-state index is 0.163. The summed E-state index contributed by atoms with van der Waals surface area (Å²) in [4.78, 5) is 25.1. The Morgan fingerprint density at radius 2 is 2.00 bits per heavy atom. The molecule has 1 aliphatic heterocycles. The number of Topliss-reactive ketones (excluding diaryl/α,β-unsaturated/α-hetero) is 1. The third kappa shape index (κ3) is 2.54. The molecule has 0 radical (unpaired) electrons. The number of aliphatic hydroxyl groups is 1. The fourth-order valence-corrected chi connectivity index (χ4v) is 8.16. The van der Waals surface area contributed by atoms with E-state index in [1.807, 2.05) is 13.8 Å². The van der Waals surface area contributed by atoms with Crippen molar-refractivity contribution in [3.8, 4) is 0 Å². The Bertz CT molecular complexity index is 1080. The summed E-state index contributed by atoms with van der Waals surface area (Å²) < 4.78 is 49.3. The van der Waals surface area contributed by atoms with Crippen LogP contribution in [0.5, 0.6) is 0 Å². The zero-order chi connectivity index (χ0) is 23.5. The van der Waals surface area contributed by atoms with Gasteiger partial charge in [-0.2, -0.15) is 8.42 Å². The lowest BCUT2D eigenvalue weighted by molar-refractivity contribution is -0.165. The van der Waals surface area contributed by atoms with E-state index in [0.29, 0.717) is 18.4 Å². The van der Waals surface area contributed by atoms with Crippen molar-refractivity contribution in [2.24, 2.45) is 28.6 Å². The molecule has 0 amide bonds. The summed E-state index contributed by atoms with van der Waals surface area (Å²) in [6.45, 7) is 4.80. The summed E-state index contributed by atoms with van der Waals surface area (Å²) in [5.41, 5.74) is -3.69. The zero-order valence-electron chi connectivity index (χ0n) is 18.6. The van der Waals surface area contributed by atoms with Crippen LogP contribution < -0.4 is 0 Å². The molecular weight excluding hydrogens is 439 g/mol. The minimum Gasteiger partial charge on any atom is -0.381 e. The molecule has 0 aromatic rings. The van der Waals surface area contributed by atoms with Crippen molar-refractivity contribution in [2.75, 3.05) is 12.9 Å². The number of rotatable bonds is 4. The minimum atomic E-state index is -3.85. The molecule has 176 valence electrons. The molecule has 3 saturated carbocycles. The number of fused-ring (bicyclic) bond motifs is 3. The van der Waals surface area contributed by atoms with Gasteiger partial charge in [-0.3, -0.25) is 13.8 Å². The van der Waals surface area contributed by atoms with E-state index < -0.39 is 56.6 Å². The molecule has 0 aromatic heterocycles. The van der Waals surface area contributed by atoms with Crippen LogP contribution in [-0.4, -0.2) is 61.4 Å². The number of epoxide rings is 1. The van der Waals surface area contributed by atoms with E-state index in [9.17, 15) is 23.1 Å². The van der Waals surface area contributed by atoms with Crippen LogP contribution in [0.1, 0.15) is 40.0 Å². The van der Waals surface area contributed by atoms with Gasteiger partial charge in [-0.15, -0.1) is 0 Å². The summed E-state index contributed by atoms with van der Waals surface area (Å²) in [5.74, 6) is -1.80. The normalized spacial score (nSPS) is 51.2. The van der Waals surface area contributed by atoms with Gasteiger partial charge in [-0.05, 0) is 61.7 Å². The molecule has 9 atom stereocenters. The Balaban J connectivity index is 1.54. The monoisotopic (exact) mass is 468 g/mol. The fourth-order valence-electron chi connectivity index (χ4n) is 7.84. The summed E-state index contributed by atoms with van der Waals surface area (Å²) in [7, 11) is -3.85. The Labute approximate surface area is 187 Å². The highest BCUT2D eigenvalue weighted by molar-refractivity contribution is 7.86. The third-order valence-corrected chi connectivity index (χ3v) is 9.88. The standard InChI is InChI=1S/C23H29FO7S/c1-12-7-14-15-9-17(24)16-8-13(25)5-6-20(16,2)23(15)19(31-23)10-21(14,3)22(12,27)18(26)11-30-32(4,28)29/h5-6,8,12,14-15,17,19,27H,7,9-11H2,1-4H3/t12-,14+,15+,17?,19+,20+,21+,22+,23-/m1/s1. The molecule has 9 heteroatoms. The van der Waals surface area contributed by atoms with Crippen LogP contribution in [0.2, 0.25) is 0 Å². The van der Waals surface area contributed by atoms with Crippen LogP contribution in [0.25, 0.3) is 0 Å². The molecule has 7 nitrogen and oxygen atoms in total. The van der Waals surface area contributed by atoms with Gasteiger partial charge in [0.15, 0.2) is 11.6 Å². The van der Waals surface area contributed by atoms with E-state index in [0.717, 1.165) is 6.26 Å². The first-order valence-electron chi connectivity index (χ1n) is 11.1. The highest BCUT2D eigenvalue weighted by Gasteiger charge is 2.82. The number of hydrogen-bond donors (Lipinski definition) is 1. The predicted molar refractivity (Wildman–Crippen MR) is 112 cm³/mol. The van der Waals surface area contributed by atoms with Crippen molar-refractivity contribution < 1.29 is 36.4 Å². The third-order valence-electron chi connectivity index (χ3n) is 9.33. The van der Waals surface area contributed by atoms with Gasteiger partial charge in [0.05, 0.1) is 12.4 Å². The van der Waals surface area contributed by atoms with Crippen LogP contribution in [-0.2, 0) is 28.6 Å². The summed E-state index contributed by atoms with van der Waals surface area (Å²) in [6.07, 6.45) is 4.92. The first-order chi connectivity index (χ1) is 14.7. The van der Waals surface area contributed by atoms with Gasteiger partial charge in [0.25, 0.3) is 10.1 Å². The first kappa shape index (κ1) is 22.4. The quantitative estimate of drug-likeness (QED) is 0.496. The number of carbonyl (C=O) groups is 2. The Hall–Kier alpha value is -1.42. The summed E-state index contributed by atoms with van der Waals surface area (Å²) in [6, 6.07) is 0. The van der Waals surface area contributed by atoms with Crippen LogP contribution in [0.15, 0.2) is 23.8 Å². The Morgan fingerprint density at radius 1 is 1.31 bits per heavy atom. The molecule has 0 bridgehead atoms. The number of ether oxygens (including phenoxy) is 1. The highest BCUT2D eigenvalue weighted by atomic mass is 32.2. The molecule has 1 heterocycles. The van der Waals surface area contributed by atoms with Gasteiger partial charge < -0.3 is 9.84 Å². The maximum Gasteiger partial charge on any atom is 0.264 e. The fraction of sp³-hybridized carbons (Fsp3) is 0.739. The van der Waals surface area contributed by atoms with Crippen LogP contribution in [0.3, 0.4) is 0 Å². The number of allylic oxidation sites excluding steroid dienone is 2. The van der Waals surface area contributed by atoms with Crippen molar-refractivity contribution in [3.63, 3.8) is 0 Å². The van der Waals surface area contributed by atoms with Gasteiger partial charge in [-0.25, -0.2) is 4.39 Å². The van der Waals surface area contributed by atoms with Crippen LogP contribution in [0.4, 0.5) is 4.39 Å². The number of halogens is 1. The second kappa shape index (κ2) is 6.37. The van der Waals surface area contributed by atoms with Gasteiger partial charge in [-0.1, -0.05) is 19.9 Å². The van der Waals surface area contributed by atoms with E-state index in [2.05, 4.69) is 0 Å². The first-order valence-corrected chi connectivity index (χ1v) is 12.9. The lowest BCUT2D eigenvalue weighted by atomic mass is 9.46. The van der Waals surface area contributed by atoms with Gasteiger partial charge in [0, 0.05) is 10.8 Å². The van der Waals surface area contributed by atoms with Crippen molar-refractivity contribution in [1.82, 2.24) is 0 Å². The smallest absolute Gasteiger partial charge is 0.264 e. The molecular formula is C23H29FO7S. The lowest BCUT2D eigenvalue weighted by Gasteiger charge is -2.56. The van der Waals surface area contributed by atoms with E-state index in [1.54, 1.807) is 13.0 Å². The molecule has 4 aliphatic carbocycles. The molecule has 5 rings (SSSR count). The van der Waals surface area contributed by atoms with Crippen molar-refractivity contribution in [2.45, 2.75) is 63.5 Å². The van der Waals surface area contributed by atoms with E-state index in [-0.39, 0.29) is 30.1 Å². The maximum absolute atomic E-state index is 15.5. The SMILES string of the molecule is C[C@@H]1C[C@H]2[C@@H]3CC(F)C4=CC(=O)C=C[C@]4(C)[C@@]34O[C@H]4C[C@]2(C)[C@@]1(O)C(=O)COS(C)(=O)=O. The molecule has 32 heavy (non-hydrogen) atoms. The van der Waals surface area contributed by atoms with Crippen molar-refractivity contribution in [1.29, 1.82) is 0 Å². The zero-order valence-corrected chi connectivity index (χ0v) is 19.4. The van der Waals surface area contributed by atoms with Crippen molar-refractivity contribution in [3.05, 3.63) is 23.8 Å². The number of ketones is 2. The van der Waals surface area contributed by atoms with E-state index >= 15 is 4.39 Å². The van der Waals surface area contributed by atoms with Gasteiger partial charge in [0.1, 0.15) is 24.0 Å². The van der Waals surface area contributed by atoms with E-state index in [4.69, 9.17) is 8.92 Å². The largest absolute Gasteiger partial charge is 0.381 e.